The first-order chi connectivity index (χ1) is 8.31. The average molecular weight is 235 g/mol. The van der Waals surface area contributed by atoms with E-state index < -0.39 is 0 Å². The topological polar surface area (TPSA) is 80.7 Å². The van der Waals surface area contributed by atoms with Crippen molar-refractivity contribution in [3.8, 4) is 0 Å². The van der Waals surface area contributed by atoms with Gasteiger partial charge in [-0.2, -0.15) is 0 Å². The summed E-state index contributed by atoms with van der Waals surface area (Å²) in [6.07, 6.45) is 6.69. The molecule has 1 fully saturated rings. The van der Waals surface area contributed by atoms with Crippen molar-refractivity contribution in [2.45, 2.75) is 38.4 Å². The lowest BCUT2D eigenvalue weighted by molar-refractivity contribution is 0.0454. The van der Waals surface area contributed by atoms with Gasteiger partial charge in [-0.3, -0.25) is 4.98 Å². The molecular formula is C12H17N3O2. The van der Waals surface area contributed by atoms with Crippen LogP contribution in [0.25, 0.3) is 0 Å². The number of hydrogen-bond acceptors (Lipinski definition) is 4. The van der Waals surface area contributed by atoms with Gasteiger partial charge in [0.2, 0.25) is 0 Å². The number of hydrogen-bond donors (Lipinski definition) is 2. The molecule has 0 radical (unpaired) electrons. The first-order valence-electron chi connectivity index (χ1n) is 5.84. The van der Waals surface area contributed by atoms with Gasteiger partial charge in [0, 0.05) is 11.8 Å². The molecule has 2 rings (SSSR count). The molecule has 3 N–H and O–H groups in total. The standard InChI is InChI=1S/C12H17N3O2/c13-12(15-16)11-9(4-3-7-14-11)8-17-10-5-1-2-6-10/h3-4,7,10,16H,1-2,5-6,8H2,(H2,13,15). The number of pyridine rings is 1. The Morgan fingerprint density at radius 3 is 3.00 bits per heavy atom. The van der Waals surface area contributed by atoms with Crippen molar-refractivity contribution < 1.29 is 9.94 Å². The zero-order valence-corrected chi connectivity index (χ0v) is 9.67. The van der Waals surface area contributed by atoms with Crippen LogP contribution in [0.15, 0.2) is 23.5 Å². The van der Waals surface area contributed by atoms with E-state index in [1.165, 1.54) is 12.8 Å². The quantitative estimate of drug-likeness (QED) is 0.360. The Kier molecular flexibility index (Phi) is 3.93. The fourth-order valence-corrected chi connectivity index (χ4v) is 2.10. The number of aromatic nitrogens is 1. The summed E-state index contributed by atoms with van der Waals surface area (Å²) in [5.41, 5.74) is 6.91. The van der Waals surface area contributed by atoms with Gasteiger partial charge in [-0.25, -0.2) is 0 Å². The predicted octanol–water partition coefficient (Wildman–Crippen LogP) is 1.64. The highest BCUT2D eigenvalue weighted by atomic mass is 16.5. The van der Waals surface area contributed by atoms with Gasteiger partial charge in [0.25, 0.3) is 0 Å². The number of rotatable bonds is 4. The number of nitrogens with two attached hydrogens (primary N) is 1. The number of amidine groups is 1. The van der Waals surface area contributed by atoms with Gasteiger partial charge in [-0.1, -0.05) is 24.1 Å². The maximum Gasteiger partial charge on any atom is 0.189 e. The molecule has 1 aromatic heterocycles. The molecule has 0 amide bonds. The van der Waals surface area contributed by atoms with E-state index in [9.17, 15) is 0 Å². The van der Waals surface area contributed by atoms with Crippen LogP contribution in [0.2, 0.25) is 0 Å². The Morgan fingerprint density at radius 1 is 1.53 bits per heavy atom. The highest BCUT2D eigenvalue weighted by Crippen LogP contribution is 2.22. The van der Waals surface area contributed by atoms with Gasteiger partial charge in [0.15, 0.2) is 5.84 Å². The third kappa shape index (κ3) is 2.94. The fraction of sp³-hybridized carbons (Fsp3) is 0.500. The normalized spacial score (nSPS) is 17.5. The van der Waals surface area contributed by atoms with Crippen LogP contribution in [0, 0.1) is 0 Å². The zero-order valence-electron chi connectivity index (χ0n) is 9.67. The predicted molar refractivity (Wildman–Crippen MR) is 63.8 cm³/mol. The number of nitrogens with zero attached hydrogens (tertiary/aromatic N) is 2. The summed E-state index contributed by atoms with van der Waals surface area (Å²) in [4.78, 5) is 4.10. The molecule has 17 heavy (non-hydrogen) atoms. The Morgan fingerprint density at radius 2 is 2.29 bits per heavy atom. The maximum atomic E-state index is 8.67. The van der Waals surface area contributed by atoms with Crippen molar-refractivity contribution in [1.29, 1.82) is 0 Å². The van der Waals surface area contributed by atoms with Crippen LogP contribution < -0.4 is 5.73 Å². The molecular weight excluding hydrogens is 218 g/mol. The van der Waals surface area contributed by atoms with E-state index in [0.29, 0.717) is 18.4 Å². The highest BCUT2D eigenvalue weighted by molar-refractivity contribution is 5.96. The van der Waals surface area contributed by atoms with Crippen molar-refractivity contribution in [1.82, 2.24) is 4.98 Å². The van der Waals surface area contributed by atoms with E-state index in [0.717, 1.165) is 18.4 Å². The molecule has 0 aromatic carbocycles. The van der Waals surface area contributed by atoms with Crippen LogP contribution in [0.5, 0.6) is 0 Å². The molecule has 0 saturated heterocycles. The second-order valence-corrected chi connectivity index (χ2v) is 4.21. The van der Waals surface area contributed by atoms with E-state index in [2.05, 4.69) is 10.1 Å². The third-order valence-corrected chi connectivity index (χ3v) is 3.02. The summed E-state index contributed by atoms with van der Waals surface area (Å²) in [6.45, 7) is 0.462. The van der Waals surface area contributed by atoms with Crippen molar-refractivity contribution in [3.05, 3.63) is 29.6 Å². The SMILES string of the molecule is NC(=NO)c1ncccc1COC1CCCC1. The lowest BCUT2D eigenvalue weighted by Crippen LogP contribution is -2.18. The first kappa shape index (κ1) is 11.9. The van der Waals surface area contributed by atoms with Gasteiger partial charge in [0.1, 0.15) is 5.69 Å². The summed E-state index contributed by atoms with van der Waals surface area (Å²) in [5.74, 6) is 0.0237. The van der Waals surface area contributed by atoms with Gasteiger partial charge >= 0.3 is 0 Å². The van der Waals surface area contributed by atoms with Crippen LogP contribution in [-0.2, 0) is 11.3 Å². The molecule has 1 saturated carbocycles. The molecule has 5 nitrogen and oxygen atoms in total. The van der Waals surface area contributed by atoms with Crippen molar-refractivity contribution >= 4 is 5.84 Å². The van der Waals surface area contributed by atoms with Crippen molar-refractivity contribution in [3.63, 3.8) is 0 Å². The molecule has 0 spiro atoms. The summed E-state index contributed by atoms with van der Waals surface area (Å²) in [7, 11) is 0. The van der Waals surface area contributed by atoms with Crippen LogP contribution in [0.4, 0.5) is 0 Å². The van der Waals surface area contributed by atoms with Gasteiger partial charge in [-0.15, -0.1) is 0 Å². The lowest BCUT2D eigenvalue weighted by atomic mass is 10.2. The molecule has 0 bridgehead atoms. The number of ether oxygens (including phenoxy) is 1. The molecule has 92 valence electrons. The second-order valence-electron chi connectivity index (χ2n) is 4.21. The van der Waals surface area contributed by atoms with Gasteiger partial charge < -0.3 is 15.7 Å². The molecule has 1 aliphatic carbocycles. The van der Waals surface area contributed by atoms with Crippen molar-refractivity contribution in [2.75, 3.05) is 0 Å². The average Bonchev–Trinajstić information content (AvgIpc) is 2.89. The molecule has 0 aliphatic heterocycles. The Bertz CT molecular complexity index is 400. The smallest absolute Gasteiger partial charge is 0.189 e. The van der Waals surface area contributed by atoms with E-state index in [1.54, 1.807) is 6.20 Å². The summed E-state index contributed by atoms with van der Waals surface area (Å²) >= 11 is 0. The summed E-state index contributed by atoms with van der Waals surface area (Å²) < 4.78 is 5.79. The van der Waals surface area contributed by atoms with Gasteiger partial charge in [-0.05, 0) is 18.9 Å². The third-order valence-electron chi connectivity index (χ3n) is 3.02. The van der Waals surface area contributed by atoms with Crippen molar-refractivity contribution in [2.24, 2.45) is 10.9 Å². The fourth-order valence-electron chi connectivity index (χ4n) is 2.10. The van der Waals surface area contributed by atoms with Crippen LogP contribution in [0.1, 0.15) is 36.9 Å². The molecule has 5 heteroatoms. The van der Waals surface area contributed by atoms with Crippen LogP contribution in [-0.4, -0.2) is 22.1 Å². The molecule has 0 atom stereocenters. The minimum Gasteiger partial charge on any atom is -0.409 e. The monoisotopic (exact) mass is 235 g/mol. The van der Waals surface area contributed by atoms with Crippen LogP contribution >= 0.6 is 0 Å². The second kappa shape index (κ2) is 5.63. The lowest BCUT2D eigenvalue weighted by Gasteiger charge is -2.12. The van der Waals surface area contributed by atoms with E-state index >= 15 is 0 Å². The Hall–Kier alpha value is -1.62. The van der Waals surface area contributed by atoms with E-state index in [4.69, 9.17) is 15.7 Å². The Labute approximate surface area is 100 Å². The molecule has 1 aliphatic rings. The first-order valence-corrected chi connectivity index (χ1v) is 5.84. The summed E-state index contributed by atoms with van der Waals surface area (Å²) in [6, 6.07) is 3.71. The highest BCUT2D eigenvalue weighted by Gasteiger charge is 2.16. The Balaban J connectivity index is 2.04. The molecule has 1 aromatic rings. The zero-order chi connectivity index (χ0) is 12.1. The minimum atomic E-state index is 0.0237. The minimum absolute atomic E-state index is 0.0237. The molecule has 0 unspecified atom stereocenters. The van der Waals surface area contributed by atoms with E-state index in [1.807, 2.05) is 12.1 Å². The van der Waals surface area contributed by atoms with E-state index in [-0.39, 0.29) is 5.84 Å². The molecule has 1 heterocycles. The maximum absolute atomic E-state index is 8.67. The number of oxime groups is 1. The summed E-state index contributed by atoms with van der Waals surface area (Å²) in [5, 5.41) is 11.7. The van der Waals surface area contributed by atoms with Crippen LogP contribution in [0.3, 0.4) is 0 Å². The largest absolute Gasteiger partial charge is 0.409 e. The van der Waals surface area contributed by atoms with Gasteiger partial charge in [0.05, 0.1) is 12.7 Å².